The van der Waals surface area contributed by atoms with E-state index >= 15 is 0 Å². The number of aliphatic imine (C=N–C) groups is 1. The molecule has 8 heteroatoms. The van der Waals surface area contributed by atoms with Gasteiger partial charge >= 0.3 is 0 Å². The van der Waals surface area contributed by atoms with E-state index < -0.39 is 0 Å². The third-order valence-corrected chi connectivity index (χ3v) is 5.56. The van der Waals surface area contributed by atoms with Crippen molar-refractivity contribution in [2.45, 2.75) is 38.5 Å². The Morgan fingerprint density at radius 3 is 2.57 bits per heavy atom. The fraction of sp³-hybridized carbons (Fsp3) is 0.800. The SMILES string of the molecule is CSCCCNC(=NCc1nnc(C)n1C)NCC(C)(C)SC. The molecule has 1 heterocycles. The molecule has 0 aliphatic carbocycles. The Labute approximate surface area is 148 Å². The summed E-state index contributed by atoms with van der Waals surface area (Å²) in [6.45, 7) is 8.70. The van der Waals surface area contributed by atoms with E-state index in [0.29, 0.717) is 6.54 Å². The van der Waals surface area contributed by atoms with Gasteiger partial charge < -0.3 is 15.2 Å². The van der Waals surface area contributed by atoms with Crippen molar-refractivity contribution in [2.24, 2.45) is 12.0 Å². The van der Waals surface area contributed by atoms with Crippen molar-refractivity contribution in [3.05, 3.63) is 11.6 Å². The van der Waals surface area contributed by atoms with Crippen LogP contribution >= 0.6 is 23.5 Å². The average molecular weight is 359 g/mol. The first-order chi connectivity index (χ1) is 10.9. The Bertz CT molecular complexity index is 498. The van der Waals surface area contributed by atoms with E-state index in [2.05, 4.69) is 52.2 Å². The van der Waals surface area contributed by atoms with Crippen LogP contribution in [0, 0.1) is 6.92 Å². The largest absolute Gasteiger partial charge is 0.356 e. The molecule has 132 valence electrons. The Morgan fingerprint density at radius 2 is 2.00 bits per heavy atom. The monoisotopic (exact) mass is 358 g/mol. The second-order valence-corrected chi connectivity index (χ2v) is 8.48. The van der Waals surface area contributed by atoms with Gasteiger partial charge in [-0.3, -0.25) is 0 Å². The number of nitrogens with one attached hydrogen (secondary N) is 2. The molecule has 1 aromatic rings. The molecule has 0 saturated carbocycles. The summed E-state index contributed by atoms with van der Waals surface area (Å²) < 4.78 is 2.14. The minimum absolute atomic E-state index is 0.170. The normalized spacial score (nSPS) is 12.5. The highest BCUT2D eigenvalue weighted by Gasteiger charge is 2.16. The zero-order valence-electron chi connectivity index (χ0n) is 15.1. The van der Waals surface area contributed by atoms with Crippen molar-refractivity contribution in [2.75, 3.05) is 31.4 Å². The molecule has 0 bridgehead atoms. The maximum atomic E-state index is 4.66. The smallest absolute Gasteiger partial charge is 0.191 e. The van der Waals surface area contributed by atoms with Gasteiger partial charge in [-0.1, -0.05) is 0 Å². The summed E-state index contributed by atoms with van der Waals surface area (Å²) in [6.07, 6.45) is 5.38. The molecule has 0 aromatic carbocycles. The second-order valence-electron chi connectivity index (χ2n) is 5.98. The summed E-state index contributed by atoms with van der Waals surface area (Å²) in [6, 6.07) is 0. The van der Waals surface area contributed by atoms with Crippen LogP contribution in [0.5, 0.6) is 0 Å². The van der Waals surface area contributed by atoms with Gasteiger partial charge in [0.2, 0.25) is 0 Å². The number of hydrogen-bond donors (Lipinski definition) is 2. The van der Waals surface area contributed by atoms with Gasteiger partial charge in [-0.25, -0.2) is 4.99 Å². The lowest BCUT2D eigenvalue weighted by Crippen LogP contribution is -2.43. The van der Waals surface area contributed by atoms with Gasteiger partial charge in [0.15, 0.2) is 11.8 Å². The fourth-order valence-corrected chi connectivity index (χ4v) is 2.35. The molecule has 6 nitrogen and oxygen atoms in total. The molecule has 0 saturated heterocycles. The summed E-state index contributed by atoms with van der Waals surface area (Å²) in [4.78, 5) is 4.66. The third kappa shape index (κ3) is 7.48. The van der Waals surface area contributed by atoms with Crippen LogP contribution in [0.2, 0.25) is 0 Å². The van der Waals surface area contributed by atoms with E-state index in [-0.39, 0.29) is 4.75 Å². The molecule has 0 aliphatic heterocycles. The number of rotatable bonds is 9. The van der Waals surface area contributed by atoms with Crippen molar-refractivity contribution in [1.82, 2.24) is 25.4 Å². The predicted molar refractivity (Wildman–Crippen MR) is 103 cm³/mol. The molecule has 0 amide bonds. The van der Waals surface area contributed by atoms with Crippen LogP contribution < -0.4 is 10.6 Å². The number of hydrogen-bond acceptors (Lipinski definition) is 5. The van der Waals surface area contributed by atoms with Crippen LogP contribution in [-0.2, 0) is 13.6 Å². The van der Waals surface area contributed by atoms with Crippen LogP contribution in [0.25, 0.3) is 0 Å². The molecule has 0 radical (unpaired) electrons. The van der Waals surface area contributed by atoms with Gasteiger partial charge in [0.05, 0.1) is 0 Å². The zero-order chi connectivity index (χ0) is 17.3. The Hall–Kier alpha value is -0.890. The van der Waals surface area contributed by atoms with Crippen LogP contribution in [-0.4, -0.2) is 56.8 Å². The first-order valence-electron chi connectivity index (χ1n) is 7.80. The highest BCUT2D eigenvalue weighted by Crippen LogP contribution is 2.19. The van der Waals surface area contributed by atoms with Crippen molar-refractivity contribution < 1.29 is 0 Å². The lowest BCUT2D eigenvalue weighted by molar-refractivity contribution is 0.659. The Kier molecular flexibility index (Phi) is 8.83. The quantitative estimate of drug-likeness (QED) is 0.400. The van der Waals surface area contributed by atoms with Gasteiger partial charge in [0.25, 0.3) is 0 Å². The van der Waals surface area contributed by atoms with E-state index in [1.54, 1.807) is 0 Å². The molecule has 0 fully saturated rings. The first kappa shape index (κ1) is 20.2. The van der Waals surface area contributed by atoms with Crippen molar-refractivity contribution in [3.8, 4) is 0 Å². The van der Waals surface area contributed by atoms with Crippen LogP contribution in [0.4, 0.5) is 0 Å². The maximum absolute atomic E-state index is 4.66. The molecule has 0 aliphatic rings. The standard InChI is InChI=1S/C15H30N6S2/c1-12-19-20-13(21(12)4)10-17-14(16-8-7-9-22-5)18-11-15(2,3)23-6/h7-11H2,1-6H3,(H2,16,17,18). The van der Waals surface area contributed by atoms with Crippen molar-refractivity contribution in [1.29, 1.82) is 0 Å². The lowest BCUT2D eigenvalue weighted by Gasteiger charge is -2.24. The van der Waals surface area contributed by atoms with Gasteiger partial charge in [0.1, 0.15) is 12.4 Å². The summed E-state index contributed by atoms with van der Waals surface area (Å²) in [7, 11) is 1.97. The summed E-state index contributed by atoms with van der Waals surface area (Å²) in [5.74, 6) is 3.77. The predicted octanol–water partition coefficient (Wildman–Crippen LogP) is 2.05. The molecular formula is C15H30N6S2. The molecule has 0 spiro atoms. The van der Waals surface area contributed by atoms with Gasteiger partial charge in [-0.15, -0.1) is 10.2 Å². The summed E-state index contributed by atoms with van der Waals surface area (Å²) in [5, 5.41) is 15.1. The van der Waals surface area contributed by atoms with Crippen LogP contribution in [0.15, 0.2) is 4.99 Å². The van der Waals surface area contributed by atoms with Gasteiger partial charge in [0, 0.05) is 24.9 Å². The minimum Gasteiger partial charge on any atom is -0.356 e. The van der Waals surface area contributed by atoms with Gasteiger partial charge in [-0.05, 0) is 45.5 Å². The molecule has 0 atom stereocenters. The fourth-order valence-electron chi connectivity index (χ4n) is 1.70. The highest BCUT2D eigenvalue weighted by molar-refractivity contribution is 8.00. The van der Waals surface area contributed by atoms with Gasteiger partial charge in [-0.2, -0.15) is 23.5 Å². The van der Waals surface area contributed by atoms with Crippen LogP contribution in [0.3, 0.4) is 0 Å². The molecule has 1 rings (SSSR count). The lowest BCUT2D eigenvalue weighted by atomic mass is 10.2. The van der Waals surface area contributed by atoms with Crippen molar-refractivity contribution in [3.63, 3.8) is 0 Å². The summed E-state index contributed by atoms with van der Waals surface area (Å²) in [5.41, 5.74) is 0. The maximum Gasteiger partial charge on any atom is 0.191 e. The number of thioether (sulfide) groups is 2. The van der Waals surface area contributed by atoms with Crippen molar-refractivity contribution >= 4 is 29.5 Å². The van der Waals surface area contributed by atoms with Crippen LogP contribution in [0.1, 0.15) is 31.9 Å². The number of aromatic nitrogens is 3. The summed E-state index contributed by atoms with van der Waals surface area (Å²) >= 11 is 3.71. The molecule has 23 heavy (non-hydrogen) atoms. The molecule has 0 unspecified atom stereocenters. The zero-order valence-corrected chi connectivity index (χ0v) is 16.8. The van der Waals surface area contributed by atoms with E-state index in [4.69, 9.17) is 0 Å². The number of aryl methyl sites for hydroxylation is 1. The number of guanidine groups is 1. The Balaban J connectivity index is 2.64. The van der Waals surface area contributed by atoms with E-state index in [1.807, 2.05) is 42.1 Å². The third-order valence-electron chi connectivity index (χ3n) is 3.61. The molecular weight excluding hydrogens is 328 g/mol. The first-order valence-corrected chi connectivity index (χ1v) is 10.4. The van der Waals surface area contributed by atoms with E-state index in [0.717, 1.165) is 42.9 Å². The topological polar surface area (TPSA) is 67.1 Å². The molecule has 2 N–H and O–H groups in total. The highest BCUT2D eigenvalue weighted by atomic mass is 32.2. The molecule has 1 aromatic heterocycles. The Morgan fingerprint density at radius 1 is 1.26 bits per heavy atom. The van der Waals surface area contributed by atoms with E-state index in [9.17, 15) is 0 Å². The average Bonchev–Trinajstić information content (AvgIpc) is 2.85. The number of nitrogens with zero attached hydrogens (tertiary/aromatic N) is 4. The second kappa shape index (κ2) is 10.1. The minimum atomic E-state index is 0.170. The van der Waals surface area contributed by atoms with E-state index in [1.165, 1.54) is 0 Å².